The van der Waals surface area contributed by atoms with Crippen LogP contribution in [0.25, 0.3) is 0 Å². The van der Waals surface area contributed by atoms with Crippen molar-refractivity contribution in [3.8, 4) is 5.75 Å². The fourth-order valence-electron chi connectivity index (χ4n) is 0.702. The first-order chi connectivity index (χ1) is 7.47. The Kier molecular flexibility index (Phi) is 6.51. The standard InChI is InChI=1S/C7H5NO4.C4H10/c9-5-12-7-3-1-6(2-4-7)8(10)11;1-4(2)3/h1-5H;4H,1-3H3. The fourth-order valence-corrected chi connectivity index (χ4v) is 0.702. The van der Waals surface area contributed by atoms with Crippen molar-refractivity contribution in [1.82, 2.24) is 0 Å². The molecule has 0 heterocycles. The second kappa shape index (κ2) is 7.39. The van der Waals surface area contributed by atoms with Gasteiger partial charge in [0.15, 0.2) is 0 Å². The van der Waals surface area contributed by atoms with Crippen LogP contribution >= 0.6 is 0 Å². The van der Waals surface area contributed by atoms with Crippen LogP contribution in [-0.2, 0) is 4.79 Å². The minimum absolute atomic E-state index is 0.0340. The predicted octanol–water partition coefficient (Wildman–Crippen LogP) is 2.79. The molecule has 0 bridgehead atoms. The number of carbonyl (C=O) groups excluding carboxylic acids is 1. The quantitative estimate of drug-likeness (QED) is 0.450. The molecule has 1 aromatic carbocycles. The normalized spacial score (nSPS) is 9.00. The van der Waals surface area contributed by atoms with E-state index in [-0.39, 0.29) is 17.9 Å². The summed E-state index contributed by atoms with van der Waals surface area (Å²) in [5, 5.41) is 10.2. The lowest BCUT2D eigenvalue weighted by Gasteiger charge is -1.94. The SMILES string of the molecule is CC(C)C.O=COc1ccc([N+](=O)[O-])cc1. The zero-order valence-corrected chi connectivity index (χ0v) is 9.54. The van der Waals surface area contributed by atoms with Crippen LogP contribution < -0.4 is 4.74 Å². The van der Waals surface area contributed by atoms with Crippen molar-refractivity contribution in [3.63, 3.8) is 0 Å². The molecule has 0 radical (unpaired) electrons. The molecular formula is C11H15NO4. The summed E-state index contributed by atoms with van der Waals surface area (Å²) in [5.74, 6) is 1.12. The van der Waals surface area contributed by atoms with Gasteiger partial charge in [-0.2, -0.15) is 0 Å². The molecule has 0 amide bonds. The molecule has 5 heteroatoms. The number of carbonyl (C=O) groups is 1. The van der Waals surface area contributed by atoms with E-state index in [9.17, 15) is 14.9 Å². The molecule has 1 aromatic rings. The van der Waals surface area contributed by atoms with Crippen LogP contribution in [0, 0.1) is 16.0 Å². The van der Waals surface area contributed by atoms with Crippen molar-refractivity contribution in [3.05, 3.63) is 34.4 Å². The van der Waals surface area contributed by atoms with E-state index in [1.807, 2.05) is 0 Å². The highest BCUT2D eigenvalue weighted by Crippen LogP contribution is 2.16. The van der Waals surface area contributed by atoms with Crippen LogP contribution in [0.2, 0.25) is 0 Å². The van der Waals surface area contributed by atoms with E-state index in [1.54, 1.807) is 0 Å². The molecule has 88 valence electrons. The molecule has 0 N–H and O–H groups in total. The minimum Gasteiger partial charge on any atom is -0.429 e. The Labute approximate surface area is 94.2 Å². The van der Waals surface area contributed by atoms with Gasteiger partial charge in [0.05, 0.1) is 4.92 Å². The molecule has 0 saturated carbocycles. The van der Waals surface area contributed by atoms with E-state index < -0.39 is 4.92 Å². The molecule has 0 aliphatic carbocycles. The Bertz CT molecular complexity index is 330. The minimum atomic E-state index is -0.523. The Morgan fingerprint density at radius 2 is 1.69 bits per heavy atom. The maximum atomic E-state index is 10.2. The van der Waals surface area contributed by atoms with Gasteiger partial charge in [-0.1, -0.05) is 20.8 Å². The highest BCUT2D eigenvalue weighted by Gasteiger charge is 2.03. The molecule has 0 unspecified atom stereocenters. The Balaban J connectivity index is 0.000000487. The van der Waals surface area contributed by atoms with Gasteiger partial charge in [-0.05, 0) is 18.1 Å². The van der Waals surface area contributed by atoms with E-state index in [2.05, 4.69) is 25.5 Å². The summed E-state index contributed by atoms with van der Waals surface area (Å²) in [6.07, 6.45) is 0. The number of nitro groups is 1. The van der Waals surface area contributed by atoms with Gasteiger partial charge < -0.3 is 4.74 Å². The molecule has 0 aromatic heterocycles. The highest BCUT2D eigenvalue weighted by molar-refractivity contribution is 5.46. The van der Waals surface area contributed by atoms with Gasteiger partial charge in [-0.25, -0.2) is 0 Å². The van der Waals surface area contributed by atoms with Gasteiger partial charge in [0.2, 0.25) is 0 Å². The molecule has 0 saturated heterocycles. The van der Waals surface area contributed by atoms with Gasteiger partial charge >= 0.3 is 0 Å². The van der Waals surface area contributed by atoms with Crippen molar-refractivity contribution in [2.75, 3.05) is 0 Å². The number of non-ortho nitro benzene ring substituents is 1. The number of rotatable bonds is 3. The number of hydrogen-bond acceptors (Lipinski definition) is 4. The molecular weight excluding hydrogens is 210 g/mol. The monoisotopic (exact) mass is 225 g/mol. The lowest BCUT2D eigenvalue weighted by molar-refractivity contribution is -0.384. The first-order valence-electron chi connectivity index (χ1n) is 4.82. The zero-order chi connectivity index (χ0) is 12.6. The van der Waals surface area contributed by atoms with Crippen molar-refractivity contribution in [1.29, 1.82) is 0 Å². The summed E-state index contributed by atoms with van der Waals surface area (Å²) < 4.78 is 4.44. The Morgan fingerprint density at radius 3 is 2.00 bits per heavy atom. The van der Waals surface area contributed by atoms with Crippen molar-refractivity contribution in [2.45, 2.75) is 20.8 Å². The third-order valence-corrected chi connectivity index (χ3v) is 1.23. The third kappa shape index (κ3) is 6.53. The maximum absolute atomic E-state index is 10.2. The zero-order valence-electron chi connectivity index (χ0n) is 9.54. The lowest BCUT2D eigenvalue weighted by Crippen LogP contribution is -1.90. The first kappa shape index (κ1) is 14.1. The topological polar surface area (TPSA) is 69.4 Å². The maximum Gasteiger partial charge on any atom is 0.298 e. The first-order valence-corrected chi connectivity index (χ1v) is 4.82. The molecule has 0 aliphatic heterocycles. The summed E-state index contributed by atoms with van der Waals surface area (Å²) in [5.41, 5.74) is -0.0340. The van der Waals surface area contributed by atoms with Crippen LogP contribution in [0.5, 0.6) is 5.75 Å². The van der Waals surface area contributed by atoms with Crippen LogP contribution in [0.4, 0.5) is 5.69 Å². The van der Waals surface area contributed by atoms with Crippen molar-refractivity contribution in [2.24, 2.45) is 5.92 Å². The smallest absolute Gasteiger partial charge is 0.298 e. The van der Waals surface area contributed by atoms with E-state index in [4.69, 9.17) is 0 Å². The van der Waals surface area contributed by atoms with E-state index >= 15 is 0 Å². The van der Waals surface area contributed by atoms with Crippen LogP contribution in [-0.4, -0.2) is 11.4 Å². The van der Waals surface area contributed by atoms with E-state index in [0.29, 0.717) is 0 Å². The highest BCUT2D eigenvalue weighted by atomic mass is 16.6. The summed E-state index contributed by atoms with van der Waals surface area (Å²) >= 11 is 0. The number of nitro benzene ring substituents is 1. The van der Waals surface area contributed by atoms with Crippen molar-refractivity contribution >= 4 is 12.2 Å². The van der Waals surface area contributed by atoms with E-state index in [1.165, 1.54) is 24.3 Å². The average Bonchev–Trinajstić information content (AvgIpc) is 2.18. The van der Waals surface area contributed by atoms with Gasteiger partial charge in [-0.3, -0.25) is 14.9 Å². The van der Waals surface area contributed by atoms with Gasteiger partial charge in [-0.15, -0.1) is 0 Å². The molecule has 1 rings (SSSR count). The second-order valence-electron chi connectivity index (χ2n) is 3.70. The van der Waals surface area contributed by atoms with Gasteiger partial charge in [0.25, 0.3) is 12.2 Å². The number of nitrogens with zero attached hydrogens (tertiary/aromatic N) is 1. The Morgan fingerprint density at radius 1 is 1.25 bits per heavy atom. The summed E-state index contributed by atoms with van der Waals surface area (Å²) in [6, 6.07) is 5.23. The Hall–Kier alpha value is -1.91. The van der Waals surface area contributed by atoms with Crippen LogP contribution in [0.1, 0.15) is 20.8 Å². The molecule has 5 nitrogen and oxygen atoms in total. The number of hydrogen-bond donors (Lipinski definition) is 0. The molecule has 16 heavy (non-hydrogen) atoms. The van der Waals surface area contributed by atoms with Gasteiger partial charge in [0.1, 0.15) is 5.75 Å². The average molecular weight is 225 g/mol. The molecule has 0 spiro atoms. The predicted molar refractivity (Wildman–Crippen MR) is 60.3 cm³/mol. The summed E-state index contributed by atoms with van der Waals surface area (Å²) in [6.45, 7) is 6.77. The van der Waals surface area contributed by atoms with E-state index in [0.717, 1.165) is 5.92 Å². The number of benzene rings is 1. The van der Waals surface area contributed by atoms with Gasteiger partial charge in [0, 0.05) is 12.1 Å². The van der Waals surface area contributed by atoms with Crippen molar-refractivity contribution < 1.29 is 14.5 Å². The summed E-state index contributed by atoms with van der Waals surface area (Å²) in [4.78, 5) is 19.5. The fraction of sp³-hybridized carbons (Fsp3) is 0.364. The van der Waals surface area contributed by atoms with Crippen LogP contribution in [0.15, 0.2) is 24.3 Å². The molecule has 0 aliphatic rings. The molecule has 0 fully saturated rings. The second-order valence-corrected chi connectivity index (χ2v) is 3.70. The lowest BCUT2D eigenvalue weighted by atomic mass is 10.3. The van der Waals surface area contributed by atoms with Crippen LogP contribution in [0.3, 0.4) is 0 Å². The third-order valence-electron chi connectivity index (χ3n) is 1.23. The molecule has 0 atom stereocenters. The largest absolute Gasteiger partial charge is 0.429 e. The number of ether oxygens (including phenoxy) is 1. The summed E-state index contributed by atoms with van der Waals surface area (Å²) in [7, 11) is 0.